The molecule has 1 atom stereocenters. The lowest BCUT2D eigenvalue weighted by atomic mass is 9.93. The van der Waals surface area contributed by atoms with E-state index in [1.54, 1.807) is 0 Å². The van der Waals surface area contributed by atoms with Crippen molar-refractivity contribution in [3.8, 4) is 11.1 Å². The lowest BCUT2D eigenvalue weighted by Gasteiger charge is -2.16. The molecule has 0 fully saturated rings. The van der Waals surface area contributed by atoms with Crippen LogP contribution >= 0.6 is 0 Å². The van der Waals surface area contributed by atoms with E-state index in [2.05, 4.69) is 86.6 Å². The normalized spacial score (nSPS) is 12.6. The third-order valence-electron chi connectivity index (χ3n) is 4.90. The van der Waals surface area contributed by atoms with Gasteiger partial charge in [0.25, 0.3) is 0 Å². The van der Waals surface area contributed by atoms with Gasteiger partial charge in [-0.25, -0.2) is 0 Å². The van der Waals surface area contributed by atoms with Gasteiger partial charge in [-0.05, 0) is 29.4 Å². The minimum absolute atomic E-state index is 0.434. The highest BCUT2D eigenvalue weighted by atomic mass is 14.7. The fourth-order valence-electron chi connectivity index (χ4n) is 3.34. The molecule has 4 aromatic rings. The maximum Gasteiger partial charge on any atom is 0.0784 e. The first kappa shape index (κ1) is 14.9. The van der Waals surface area contributed by atoms with Gasteiger partial charge in [0.1, 0.15) is 0 Å². The molecule has 0 spiro atoms. The summed E-state index contributed by atoms with van der Waals surface area (Å²) < 4.78 is 0. The number of pyridine rings is 1. The molecule has 1 heteroatoms. The van der Waals surface area contributed by atoms with E-state index in [1.807, 2.05) is 0 Å². The van der Waals surface area contributed by atoms with E-state index < -0.39 is 0 Å². The van der Waals surface area contributed by atoms with Crippen LogP contribution in [0.15, 0.2) is 72.8 Å². The molecule has 0 radical (unpaired) electrons. The quantitative estimate of drug-likeness (QED) is 0.390. The number of fused-ring (bicyclic) bond motifs is 3. The van der Waals surface area contributed by atoms with Gasteiger partial charge in [-0.15, -0.1) is 0 Å². The number of hydrogen-bond donors (Lipinski definition) is 0. The van der Waals surface area contributed by atoms with Crippen LogP contribution in [-0.2, 0) is 0 Å². The molecule has 0 bridgehead atoms. The van der Waals surface area contributed by atoms with Crippen molar-refractivity contribution < 1.29 is 0 Å². The molecule has 0 aliphatic heterocycles. The second-order valence-corrected chi connectivity index (χ2v) is 6.45. The van der Waals surface area contributed by atoms with E-state index in [0.717, 1.165) is 11.9 Å². The first-order chi connectivity index (χ1) is 11.8. The Morgan fingerprint density at radius 1 is 0.833 bits per heavy atom. The van der Waals surface area contributed by atoms with Crippen molar-refractivity contribution in [2.75, 3.05) is 0 Å². The summed E-state index contributed by atoms with van der Waals surface area (Å²) in [5.41, 5.74) is 4.82. The van der Waals surface area contributed by atoms with Crippen LogP contribution < -0.4 is 0 Å². The Balaban J connectivity index is 2.07. The average Bonchev–Trinajstić information content (AvgIpc) is 2.67. The Morgan fingerprint density at radius 2 is 1.54 bits per heavy atom. The van der Waals surface area contributed by atoms with E-state index in [4.69, 9.17) is 4.98 Å². The second kappa shape index (κ2) is 6.09. The number of rotatable bonds is 3. The van der Waals surface area contributed by atoms with Crippen LogP contribution in [0, 0.1) is 0 Å². The molecule has 3 aromatic carbocycles. The second-order valence-electron chi connectivity index (χ2n) is 6.45. The van der Waals surface area contributed by atoms with Gasteiger partial charge < -0.3 is 0 Å². The maximum atomic E-state index is 5.15. The fourth-order valence-corrected chi connectivity index (χ4v) is 3.34. The molecule has 118 valence electrons. The largest absolute Gasteiger partial charge is 0.251 e. The fraction of sp³-hybridized carbons (Fsp3) is 0.174. The summed E-state index contributed by atoms with van der Waals surface area (Å²) in [5, 5.41) is 3.69. The van der Waals surface area contributed by atoms with Crippen molar-refractivity contribution in [3.63, 3.8) is 0 Å². The molecular formula is C23H21N. The Labute approximate surface area is 143 Å². The topological polar surface area (TPSA) is 12.9 Å². The summed E-state index contributed by atoms with van der Waals surface area (Å²) in [6.45, 7) is 4.50. The minimum Gasteiger partial charge on any atom is -0.251 e. The Kier molecular flexibility index (Phi) is 3.78. The van der Waals surface area contributed by atoms with Crippen LogP contribution in [0.4, 0.5) is 0 Å². The molecule has 24 heavy (non-hydrogen) atoms. The molecule has 0 saturated heterocycles. The van der Waals surface area contributed by atoms with Gasteiger partial charge >= 0.3 is 0 Å². The zero-order valence-corrected chi connectivity index (χ0v) is 14.2. The Hall–Kier alpha value is -2.67. The van der Waals surface area contributed by atoms with Crippen molar-refractivity contribution in [1.82, 2.24) is 4.98 Å². The molecule has 0 amide bonds. The summed E-state index contributed by atoms with van der Waals surface area (Å²) in [5.74, 6) is 0.434. The third-order valence-corrected chi connectivity index (χ3v) is 4.90. The van der Waals surface area contributed by atoms with Crippen molar-refractivity contribution >= 4 is 21.7 Å². The average molecular weight is 311 g/mol. The van der Waals surface area contributed by atoms with Crippen molar-refractivity contribution in [1.29, 1.82) is 0 Å². The molecular weight excluding hydrogens is 290 g/mol. The number of nitrogens with zero attached hydrogens (tertiary/aromatic N) is 1. The predicted octanol–water partition coefficient (Wildman–Crippen LogP) is 6.57. The van der Waals surface area contributed by atoms with Crippen LogP contribution in [0.5, 0.6) is 0 Å². The lowest BCUT2D eigenvalue weighted by Crippen LogP contribution is -2.00. The zero-order chi connectivity index (χ0) is 16.5. The maximum absolute atomic E-state index is 5.15. The summed E-state index contributed by atoms with van der Waals surface area (Å²) in [4.78, 5) is 5.15. The van der Waals surface area contributed by atoms with E-state index in [0.29, 0.717) is 5.92 Å². The summed E-state index contributed by atoms with van der Waals surface area (Å²) in [6.07, 6.45) is 1.09. The molecule has 0 aliphatic rings. The SMILES string of the molecule is CCC(C)c1nc2c(ccc3ccccc32)cc1-c1ccccc1. The third kappa shape index (κ3) is 2.46. The monoisotopic (exact) mass is 311 g/mol. The van der Waals surface area contributed by atoms with Gasteiger partial charge in [-0.2, -0.15) is 0 Å². The summed E-state index contributed by atoms with van der Waals surface area (Å²) in [7, 11) is 0. The van der Waals surface area contributed by atoms with E-state index >= 15 is 0 Å². The smallest absolute Gasteiger partial charge is 0.0784 e. The van der Waals surface area contributed by atoms with Gasteiger partial charge in [0.15, 0.2) is 0 Å². The van der Waals surface area contributed by atoms with Crippen LogP contribution in [0.2, 0.25) is 0 Å². The molecule has 0 aliphatic carbocycles. The highest BCUT2D eigenvalue weighted by Crippen LogP contribution is 2.34. The minimum atomic E-state index is 0.434. The highest BCUT2D eigenvalue weighted by molar-refractivity contribution is 6.06. The standard InChI is InChI=1S/C23H21N/c1-3-16(2)22-21(17-9-5-4-6-10-17)15-19-14-13-18-11-7-8-12-20(18)23(19)24-22/h4-16H,3H2,1-2H3. The van der Waals surface area contributed by atoms with Gasteiger partial charge in [-0.1, -0.05) is 80.6 Å². The number of aromatic nitrogens is 1. The number of hydrogen-bond acceptors (Lipinski definition) is 1. The molecule has 4 rings (SSSR count). The molecule has 0 saturated carbocycles. The van der Waals surface area contributed by atoms with Crippen LogP contribution in [-0.4, -0.2) is 4.98 Å². The predicted molar refractivity (Wildman–Crippen MR) is 103 cm³/mol. The Morgan fingerprint density at radius 3 is 2.33 bits per heavy atom. The Bertz CT molecular complexity index is 1000. The van der Waals surface area contributed by atoms with Crippen LogP contribution in [0.1, 0.15) is 31.9 Å². The van der Waals surface area contributed by atoms with Crippen LogP contribution in [0.25, 0.3) is 32.8 Å². The van der Waals surface area contributed by atoms with Gasteiger partial charge in [-0.3, -0.25) is 4.98 Å². The van der Waals surface area contributed by atoms with Gasteiger partial charge in [0.2, 0.25) is 0 Å². The van der Waals surface area contributed by atoms with Crippen molar-refractivity contribution in [2.45, 2.75) is 26.2 Å². The molecule has 1 nitrogen and oxygen atoms in total. The van der Waals surface area contributed by atoms with Gasteiger partial charge in [0.05, 0.1) is 11.2 Å². The van der Waals surface area contributed by atoms with Crippen LogP contribution in [0.3, 0.4) is 0 Å². The summed E-state index contributed by atoms with van der Waals surface area (Å²) in [6, 6.07) is 25.8. The highest BCUT2D eigenvalue weighted by Gasteiger charge is 2.15. The van der Waals surface area contributed by atoms with Gasteiger partial charge in [0, 0.05) is 16.3 Å². The van der Waals surface area contributed by atoms with E-state index in [9.17, 15) is 0 Å². The molecule has 1 unspecified atom stereocenters. The lowest BCUT2D eigenvalue weighted by molar-refractivity contribution is 0.714. The first-order valence-electron chi connectivity index (χ1n) is 8.65. The van der Waals surface area contributed by atoms with Crippen molar-refractivity contribution in [2.24, 2.45) is 0 Å². The molecule has 1 heterocycles. The first-order valence-corrected chi connectivity index (χ1v) is 8.65. The van der Waals surface area contributed by atoms with Crippen molar-refractivity contribution in [3.05, 3.63) is 78.5 Å². The molecule has 0 N–H and O–H groups in total. The van der Waals surface area contributed by atoms with E-state index in [-0.39, 0.29) is 0 Å². The zero-order valence-electron chi connectivity index (χ0n) is 14.2. The van der Waals surface area contributed by atoms with E-state index in [1.165, 1.54) is 33.0 Å². The number of benzene rings is 3. The molecule has 1 aromatic heterocycles. The summed E-state index contributed by atoms with van der Waals surface area (Å²) >= 11 is 0.